The molecule has 42 heavy (non-hydrogen) atoms. The Hall–Kier alpha value is -3.82. The first kappa shape index (κ1) is 29.7. The number of halogens is 1. The third-order valence-electron chi connectivity index (χ3n) is 7.32. The van der Waals surface area contributed by atoms with Crippen LogP contribution in [-0.4, -0.2) is 74.9 Å². The van der Waals surface area contributed by atoms with Crippen molar-refractivity contribution in [1.82, 2.24) is 24.6 Å². The molecule has 1 fully saturated rings. The average molecular weight is 604 g/mol. The van der Waals surface area contributed by atoms with Gasteiger partial charge in [-0.15, -0.1) is 10.2 Å². The van der Waals surface area contributed by atoms with Crippen molar-refractivity contribution in [2.24, 2.45) is 0 Å². The molecule has 1 saturated heterocycles. The number of carbonyl (C=O) groups excluding carboxylic acids is 2. The molecule has 218 valence electrons. The molecule has 1 aliphatic rings. The normalized spacial score (nSPS) is 15.1. The van der Waals surface area contributed by atoms with Crippen LogP contribution in [0.1, 0.15) is 36.5 Å². The Bertz CT molecular complexity index is 1510. The highest BCUT2D eigenvalue weighted by Crippen LogP contribution is 2.29. The second kappa shape index (κ2) is 13.9. The molecule has 2 heterocycles. The van der Waals surface area contributed by atoms with Gasteiger partial charge in [-0.05, 0) is 62.2 Å². The van der Waals surface area contributed by atoms with Gasteiger partial charge in [-0.25, -0.2) is 0 Å². The molecule has 8 nitrogen and oxygen atoms in total. The standard InChI is InChI=1S/C32H34ClN5O3S/c1-23-22-36(18-19-37(23)31(40)25-11-8-12-26(33)21-25)29(39)13-6-7-20-42-32-35-34-30(24-9-4-3-5-10-24)38(32)27-14-16-28(41-2)17-15-27/h3-5,8-12,14-17,21,23H,6-7,13,18-20,22H2,1-2H3. The molecule has 3 aromatic carbocycles. The molecule has 1 unspecified atom stereocenters. The van der Waals surface area contributed by atoms with Crippen LogP contribution in [0.15, 0.2) is 84.0 Å². The summed E-state index contributed by atoms with van der Waals surface area (Å²) < 4.78 is 7.40. The van der Waals surface area contributed by atoms with Crippen LogP contribution < -0.4 is 4.74 Å². The Labute approximate surface area is 255 Å². The SMILES string of the molecule is COc1ccc(-n2c(SCCCCC(=O)N3CCN(C(=O)c4cccc(Cl)c4)C(C)C3)nnc2-c2ccccc2)cc1. The first-order valence-electron chi connectivity index (χ1n) is 14.1. The molecule has 5 rings (SSSR count). The van der Waals surface area contributed by atoms with E-state index in [0.29, 0.717) is 36.6 Å². The van der Waals surface area contributed by atoms with Crippen molar-refractivity contribution in [2.45, 2.75) is 37.4 Å². The summed E-state index contributed by atoms with van der Waals surface area (Å²) in [6, 6.07) is 24.8. The largest absolute Gasteiger partial charge is 0.497 e. The lowest BCUT2D eigenvalue weighted by atomic mass is 10.1. The van der Waals surface area contributed by atoms with Crippen LogP contribution in [0.3, 0.4) is 0 Å². The molecule has 1 atom stereocenters. The summed E-state index contributed by atoms with van der Waals surface area (Å²) in [5.41, 5.74) is 2.52. The Balaban J connectivity index is 1.14. The minimum absolute atomic E-state index is 0.0490. The number of amides is 2. The number of unbranched alkanes of at least 4 members (excludes halogenated alkanes) is 1. The zero-order valence-corrected chi connectivity index (χ0v) is 25.4. The molecule has 0 spiro atoms. The van der Waals surface area contributed by atoms with Gasteiger partial charge in [0.1, 0.15) is 5.75 Å². The Morgan fingerprint density at radius 2 is 1.76 bits per heavy atom. The smallest absolute Gasteiger partial charge is 0.254 e. The molecule has 1 aromatic heterocycles. The highest BCUT2D eigenvalue weighted by Gasteiger charge is 2.30. The van der Waals surface area contributed by atoms with Crippen molar-refractivity contribution >= 4 is 35.2 Å². The summed E-state index contributed by atoms with van der Waals surface area (Å²) in [5, 5.41) is 10.4. The van der Waals surface area contributed by atoms with E-state index in [9.17, 15) is 9.59 Å². The van der Waals surface area contributed by atoms with Crippen LogP contribution in [0.25, 0.3) is 17.1 Å². The molecule has 2 amide bonds. The zero-order chi connectivity index (χ0) is 29.5. The van der Waals surface area contributed by atoms with Gasteiger partial charge < -0.3 is 14.5 Å². The van der Waals surface area contributed by atoms with E-state index in [2.05, 4.69) is 14.8 Å². The van der Waals surface area contributed by atoms with Crippen LogP contribution in [-0.2, 0) is 4.79 Å². The predicted octanol–water partition coefficient (Wildman–Crippen LogP) is 6.23. The predicted molar refractivity (Wildman–Crippen MR) is 166 cm³/mol. The molecular formula is C32H34ClN5O3S. The van der Waals surface area contributed by atoms with E-state index < -0.39 is 0 Å². The van der Waals surface area contributed by atoms with E-state index in [-0.39, 0.29) is 17.9 Å². The Morgan fingerprint density at radius 3 is 2.48 bits per heavy atom. The van der Waals surface area contributed by atoms with E-state index >= 15 is 0 Å². The maximum absolute atomic E-state index is 13.0. The van der Waals surface area contributed by atoms with Crippen molar-refractivity contribution in [2.75, 3.05) is 32.5 Å². The number of methoxy groups -OCH3 is 1. The number of piperazine rings is 1. The van der Waals surface area contributed by atoms with Crippen molar-refractivity contribution in [3.8, 4) is 22.8 Å². The number of ether oxygens (including phenoxy) is 1. The van der Waals surface area contributed by atoms with Crippen molar-refractivity contribution < 1.29 is 14.3 Å². The highest BCUT2D eigenvalue weighted by atomic mass is 35.5. The van der Waals surface area contributed by atoms with Gasteiger partial charge in [0.2, 0.25) is 5.91 Å². The summed E-state index contributed by atoms with van der Waals surface area (Å²) in [5.74, 6) is 2.46. The van der Waals surface area contributed by atoms with Gasteiger partial charge in [-0.1, -0.05) is 59.8 Å². The van der Waals surface area contributed by atoms with Crippen LogP contribution in [0, 0.1) is 0 Å². The summed E-state index contributed by atoms with van der Waals surface area (Å²) >= 11 is 7.71. The summed E-state index contributed by atoms with van der Waals surface area (Å²) in [7, 11) is 1.65. The second-order valence-corrected chi connectivity index (χ2v) is 11.7. The van der Waals surface area contributed by atoms with Crippen molar-refractivity contribution in [3.05, 3.63) is 89.4 Å². The van der Waals surface area contributed by atoms with Crippen molar-refractivity contribution in [3.63, 3.8) is 0 Å². The summed E-state index contributed by atoms with van der Waals surface area (Å²) in [6.07, 6.45) is 2.13. The lowest BCUT2D eigenvalue weighted by Gasteiger charge is -2.40. The van der Waals surface area contributed by atoms with E-state index in [1.165, 1.54) is 0 Å². The first-order valence-corrected chi connectivity index (χ1v) is 15.4. The lowest BCUT2D eigenvalue weighted by Crippen LogP contribution is -2.55. The zero-order valence-electron chi connectivity index (χ0n) is 23.8. The number of nitrogens with zero attached hydrogens (tertiary/aromatic N) is 5. The first-order chi connectivity index (χ1) is 20.4. The fraction of sp³-hybridized carbons (Fsp3) is 0.312. The third kappa shape index (κ3) is 6.97. The molecule has 0 bridgehead atoms. The van der Waals surface area contributed by atoms with Crippen LogP contribution in [0.4, 0.5) is 0 Å². The van der Waals surface area contributed by atoms with Crippen molar-refractivity contribution in [1.29, 1.82) is 0 Å². The Kier molecular flexibility index (Phi) is 9.81. The topological polar surface area (TPSA) is 80.6 Å². The van der Waals surface area contributed by atoms with E-state index in [1.54, 1.807) is 43.1 Å². The number of hydrogen-bond donors (Lipinski definition) is 0. The minimum atomic E-state index is -0.0622. The Morgan fingerprint density at radius 1 is 0.976 bits per heavy atom. The lowest BCUT2D eigenvalue weighted by molar-refractivity contribution is -0.133. The quantitative estimate of drug-likeness (QED) is 0.158. The van der Waals surface area contributed by atoms with Gasteiger partial charge in [0.05, 0.1) is 7.11 Å². The molecule has 0 saturated carbocycles. The van der Waals surface area contributed by atoms with Crippen LogP contribution in [0.2, 0.25) is 5.02 Å². The fourth-order valence-electron chi connectivity index (χ4n) is 5.07. The second-order valence-electron chi connectivity index (χ2n) is 10.2. The fourth-order valence-corrected chi connectivity index (χ4v) is 6.22. The number of thioether (sulfide) groups is 1. The van der Waals surface area contributed by atoms with Crippen LogP contribution in [0.5, 0.6) is 5.75 Å². The number of hydrogen-bond acceptors (Lipinski definition) is 6. The van der Waals surface area contributed by atoms with Gasteiger partial charge in [0.15, 0.2) is 11.0 Å². The highest BCUT2D eigenvalue weighted by molar-refractivity contribution is 7.99. The molecular weight excluding hydrogens is 570 g/mol. The minimum Gasteiger partial charge on any atom is -0.497 e. The summed E-state index contributed by atoms with van der Waals surface area (Å²) in [6.45, 7) is 3.57. The van der Waals surface area contributed by atoms with E-state index in [1.807, 2.05) is 71.3 Å². The molecule has 10 heteroatoms. The molecule has 0 N–H and O–H groups in total. The van der Waals surface area contributed by atoms with Gasteiger partial charge in [0.25, 0.3) is 5.91 Å². The molecule has 0 radical (unpaired) electrons. The number of carbonyl (C=O) groups is 2. The monoisotopic (exact) mass is 603 g/mol. The van der Waals surface area contributed by atoms with E-state index in [0.717, 1.165) is 46.6 Å². The van der Waals surface area contributed by atoms with Gasteiger partial charge in [-0.3, -0.25) is 14.2 Å². The molecule has 4 aromatic rings. The maximum atomic E-state index is 13.0. The summed E-state index contributed by atoms with van der Waals surface area (Å²) in [4.78, 5) is 29.7. The molecule has 0 aliphatic carbocycles. The van der Waals surface area contributed by atoms with Crippen LogP contribution >= 0.6 is 23.4 Å². The number of aromatic nitrogens is 3. The van der Waals surface area contributed by atoms with Gasteiger partial charge in [0, 0.05) is 59.7 Å². The van der Waals surface area contributed by atoms with Gasteiger partial charge in [-0.2, -0.15) is 0 Å². The maximum Gasteiger partial charge on any atom is 0.254 e. The van der Waals surface area contributed by atoms with E-state index in [4.69, 9.17) is 16.3 Å². The third-order valence-corrected chi connectivity index (χ3v) is 8.58. The van der Waals surface area contributed by atoms with Gasteiger partial charge >= 0.3 is 0 Å². The molecule has 1 aliphatic heterocycles. The number of rotatable bonds is 10. The average Bonchev–Trinajstić information content (AvgIpc) is 3.44. The number of benzene rings is 3.